The Morgan fingerprint density at radius 3 is 2.79 bits per heavy atom. The minimum atomic E-state index is -0.575. The second kappa shape index (κ2) is 6.70. The SMILES string of the molecule is Cc1ncoc1C(=O)N1C[C@H]2C[C@@H](Oc3ccc4c(c3)OCO4)[C@H](O)C[C@H]2C1. The van der Waals surface area contributed by atoms with Crippen LogP contribution in [-0.2, 0) is 0 Å². The number of oxazole rings is 1. The molecule has 4 atom stereocenters. The number of fused-ring (bicyclic) bond motifs is 2. The first-order valence-corrected chi connectivity index (χ1v) is 9.52. The van der Waals surface area contributed by atoms with Gasteiger partial charge in [0.15, 0.2) is 17.9 Å². The van der Waals surface area contributed by atoms with Crippen LogP contribution in [0.25, 0.3) is 0 Å². The summed E-state index contributed by atoms with van der Waals surface area (Å²) in [6.45, 7) is 3.23. The molecule has 1 N–H and O–H groups in total. The molecular formula is C20H22N2O6. The molecule has 8 nitrogen and oxygen atoms in total. The zero-order valence-electron chi connectivity index (χ0n) is 15.5. The third kappa shape index (κ3) is 2.97. The molecule has 0 unspecified atom stereocenters. The first-order chi connectivity index (χ1) is 13.6. The van der Waals surface area contributed by atoms with E-state index < -0.39 is 6.10 Å². The molecule has 148 valence electrons. The summed E-state index contributed by atoms with van der Waals surface area (Å²) < 4.78 is 22.0. The Hall–Kier alpha value is -2.74. The highest BCUT2D eigenvalue weighted by Crippen LogP contribution is 2.40. The number of aliphatic hydroxyl groups excluding tert-OH is 1. The Morgan fingerprint density at radius 1 is 1.21 bits per heavy atom. The number of likely N-dealkylation sites (tertiary alicyclic amines) is 1. The normalized spacial score (nSPS) is 28.3. The van der Waals surface area contributed by atoms with Crippen LogP contribution in [0.4, 0.5) is 0 Å². The van der Waals surface area contributed by atoms with Crippen LogP contribution < -0.4 is 14.2 Å². The topological polar surface area (TPSA) is 94.3 Å². The molecule has 1 aromatic carbocycles. The molecule has 0 radical (unpaired) electrons. The predicted molar refractivity (Wildman–Crippen MR) is 96.3 cm³/mol. The second-order valence-electron chi connectivity index (χ2n) is 7.71. The van der Waals surface area contributed by atoms with Gasteiger partial charge in [0.1, 0.15) is 11.9 Å². The van der Waals surface area contributed by atoms with Gasteiger partial charge in [-0.15, -0.1) is 0 Å². The molecule has 1 saturated heterocycles. The molecule has 0 spiro atoms. The van der Waals surface area contributed by atoms with Gasteiger partial charge in [-0.3, -0.25) is 4.79 Å². The van der Waals surface area contributed by atoms with Crippen LogP contribution in [0, 0.1) is 18.8 Å². The van der Waals surface area contributed by atoms with Crippen molar-refractivity contribution in [2.45, 2.75) is 32.0 Å². The highest BCUT2D eigenvalue weighted by atomic mass is 16.7. The molecule has 3 aliphatic rings. The van der Waals surface area contributed by atoms with Gasteiger partial charge in [0, 0.05) is 19.2 Å². The van der Waals surface area contributed by atoms with Crippen LogP contribution in [0.15, 0.2) is 29.0 Å². The van der Waals surface area contributed by atoms with Crippen molar-refractivity contribution in [3.05, 3.63) is 36.0 Å². The van der Waals surface area contributed by atoms with Crippen LogP contribution in [0.5, 0.6) is 17.2 Å². The van der Waals surface area contributed by atoms with Crippen molar-refractivity contribution in [1.82, 2.24) is 9.88 Å². The van der Waals surface area contributed by atoms with Gasteiger partial charge in [0.25, 0.3) is 5.91 Å². The zero-order valence-corrected chi connectivity index (χ0v) is 15.5. The van der Waals surface area contributed by atoms with E-state index in [1.165, 1.54) is 6.39 Å². The van der Waals surface area contributed by atoms with E-state index in [1.54, 1.807) is 17.9 Å². The van der Waals surface area contributed by atoms with Crippen molar-refractivity contribution >= 4 is 5.91 Å². The number of benzene rings is 1. The molecule has 1 amide bonds. The molecule has 3 heterocycles. The largest absolute Gasteiger partial charge is 0.488 e. The number of nitrogens with zero attached hydrogens (tertiary/aromatic N) is 2. The highest BCUT2D eigenvalue weighted by molar-refractivity contribution is 5.92. The summed E-state index contributed by atoms with van der Waals surface area (Å²) in [7, 11) is 0. The lowest BCUT2D eigenvalue weighted by Crippen LogP contribution is -2.42. The van der Waals surface area contributed by atoms with Crippen LogP contribution in [0.1, 0.15) is 29.1 Å². The van der Waals surface area contributed by atoms with E-state index in [0.29, 0.717) is 54.6 Å². The van der Waals surface area contributed by atoms with E-state index in [0.717, 1.165) is 0 Å². The Labute approximate surface area is 162 Å². The van der Waals surface area contributed by atoms with Gasteiger partial charge in [-0.25, -0.2) is 4.98 Å². The maximum absolute atomic E-state index is 12.7. The number of hydrogen-bond donors (Lipinski definition) is 1. The lowest BCUT2D eigenvalue weighted by atomic mass is 9.78. The summed E-state index contributed by atoms with van der Waals surface area (Å²) in [5, 5.41) is 10.6. The molecule has 5 rings (SSSR count). The number of hydrogen-bond acceptors (Lipinski definition) is 7. The monoisotopic (exact) mass is 386 g/mol. The van der Waals surface area contributed by atoms with E-state index in [2.05, 4.69) is 4.98 Å². The lowest BCUT2D eigenvalue weighted by Gasteiger charge is -2.35. The lowest BCUT2D eigenvalue weighted by molar-refractivity contribution is -0.0232. The maximum Gasteiger partial charge on any atom is 0.291 e. The van der Waals surface area contributed by atoms with Crippen molar-refractivity contribution in [2.75, 3.05) is 19.9 Å². The average molecular weight is 386 g/mol. The number of aliphatic hydroxyl groups is 1. The Kier molecular flexibility index (Phi) is 4.16. The third-order valence-electron chi connectivity index (χ3n) is 5.94. The van der Waals surface area contributed by atoms with Gasteiger partial charge in [-0.05, 0) is 43.7 Å². The number of ether oxygens (including phenoxy) is 3. The minimum absolute atomic E-state index is 0.132. The first-order valence-electron chi connectivity index (χ1n) is 9.52. The fourth-order valence-corrected chi connectivity index (χ4v) is 4.46. The van der Waals surface area contributed by atoms with Crippen molar-refractivity contribution in [2.24, 2.45) is 11.8 Å². The summed E-state index contributed by atoms with van der Waals surface area (Å²) in [5.41, 5.74) is 0.601. The maximum atomic E-state index is 12.7. The van der Waals surface area contributed by atoms with E-state index in [4.69, 9.17) is 18.6 Å². The molecule has 1 aromatic heterocycles. The molecule has 2 fully saturated rings. The zero-order chi connectivity index (χ0) is 19.3. The third-order valence-corrected chi connectivity index (χ3v) is 5.94. The molecule has 1 saturated carbocycles. The molecule has 2 aliphatic heterocycles. The fourth-order valence-electron chi connectivity index (χ4n) is 4.46. The number of carbonyl (C=O) groups excluding carboxylic acids is 1. The molecule has 2 aromatic rings. The summed E-state index contributed by atoms with van der Waals surface area (Å²) in [4.78, 5) is 18.5. The van der Waals surface area contributed by atoms with Crippen molar-refractivity contribution < 1.29 is 28.5 Å². The molecule has 8 heteroatoms. The van der Waals surface area contributed by atoms with Crippen LogP contribution in [0.2, 0.25) is 0 Å². The van der Waals surface area contributed by atoms with Gasteiger partial charge in [0.05, 0.1) is 11.8 Å². The van der Waals surface area contributed by atoms with Gasteiger partial charge >= 0.3 is 0 Å². The quantitative estimate of drug-likeness (QED) is 0.862. The van der Waals surface area contributed by atoms with Crippen LogP contribution in [0.3, 0.4) is 0 Å². The highest BCUT2D eigenvalue weighted by Gasteiger charge is 2.44. The van der Waals surface area contributed by atoms with E-state index in [9.17, 15) is 9.90 Å². The van der Waals surface area contributed by atoms with Crippen molar-refractivity contribution in [3.8, 4) is 17.2 Å². The van der Waals surface area contributed by atoms with Gasteiger partial charge in [0.2, 0.25) is 12.6 Å². The Bertz CT molecular complexity index is 897. The van der Waals surface area contributed by atoms with E-state index in [1.807, 2.05) is 12.1 Å². The first kappa shape index (κ1) is 17.4. The van der Waals surface area contributed by atoms with Crippen LogP contribution in [-0.4, -0.2) is 53.0 Å². The van der Waals surface area contributed by atoms with Crippen molar-refractivity contribution in [3.63, 3.8) is 0 Å². The summed E-state index contributed by atoms with van der Waals surface area (Å²) in [6, 6.07) is 5.42. The predicted octanol–water partition coefficient (Wildman–Crippen LogP) is 2.00. The van der Waals surface area contributed by atoms with Gasteiger partial charge < -0.3 is 28.6 Å². The summed E-state index contributed by atoms with van der Waals surface area (Å²) >= 11 is 0. The number of carbonyl (C=O) groups is 1. The smallest absolute Gasteiger partial charge is 0.291 e. The number of amides is 1. The van der Waals surface area contributed by atoms with Gasteiger partial charge in [-0.1, -0.05) is 0 Å². The van der Waals surface area contributed by atoms with Crippen molar-refractivity contribution in [1.29, 1.82) is 0 Å². The summed E-state index contributed by atoms with van der Waals surface area (Å²) in [5.74, 6) is 2.72. The van der Waals surface area contributed by atoms with E-state index in [-0.39, 0.29) is 30.6 Å². The molecule has 0 bridgehead atoms. The molecule has 1 aliphatic carbocycles. The standard InChI is InChI=1S/C20H22N2O6/c1-11-19(25-9-21-11)20(24)22-7-12-4-15(23)17(5-13(12)8-22)28-14-2-3-16-18(6-14)27-10-26-16/h2-3,6,9,12-13,15,17,23H,4-5,7-8,10H2,1H3/t12-,13+,15+,17+/m0/s1. The number of aryl methyl sites for hydroxylation is 1. The van der Waals surface area contributed by atoms with Gasteiger partial charge in [-0.2, -0.15) is 0 Å². The minimum Gasteiger partial charge on any atom is -0.488 e. The second-order valence-corrected chi connectivity index (χ2v) is 7.71. The number of rotatable bonds is 3. The Morgan fingerprint density at radius 2 is 2.00 bits per heavy atom. The molecule has 28 heavy (non-hydrogen) atoms. The number of aromatic nitrogens is 1. The average Bonchev–Trinajstić information content (AvgIpc) is 3.40. The fraction of sp³-hybridized carbons (Fsp3) is 0.500. The summed E-state index contributed by atoms with van der Waals surface area (Å²) in [6.07, 6.45) is 1.71. The molecular weight excluding hydrogens is 364 g/mol. The van der Waals surface area contributed by atoms with Crippen LogP contribution >= 0.6 is 0 Å². The van der Waals surface area contributed by atoms with E-state index >= 15 is 0 Å². The Balaban J connectivity index is 1.26.